The molecule has 0 saturated carbocycles. The van der Waals surface area contributed by atoms with Gasteiger partial charge in [-0.05, 0) is 37.3 Å². The summed E-state index contributed by atoms with van der Waals surface area (Å²) < 4.78 is 5.25. The number of hydrogen-bond acceptors (Lipinski definition) is 5. The molecule has 0 unspecified atom stereocenters. The number of aliphatic hydroxyl groups excluding tert-OH is 1. The van der Waals surface area contributed by atoms with Crippen molar-refractivity contribution in [3.05, 3.63) is 59.2 Å². The number of carbonyl (C=O) groups excluding carboxylic acids is 3. The minimum absolute atomic E-state index is 0.0391. The molecule has 1 heterocycles. The van der Waals surface area contributed by atoms with Crippen molar-refractivity contribution in [2.24, 2.45) is 0 Å². The number of Topliss-reactive ketones (excluding diaryl/α,β-unsaturated/α-hetero) is 1. The fourth-order valence-corrected chi connectivity index (χ4v) is 3.00. The van der Waals surface area contributed by atoms with E-state index in [4.69, 9.17) is 4.74 Å². The third-order valence-corrected chi connectivity index (χ3v) is 4.24. The van der Waals surface area contributed by atoms with Gasteiger partial charge in [0.05, 0.1) is 23.9 Å². The van der Waals surface area contributed by atoms with Gasteiger partial charge in [0.25, 0.3) is 5.91 Å². The van der Waals surface area contributed by atoms with Gasteiger partial charge in [0, 0.05) is 18.1 Å². The van der Waals surface area contributed by atoms with E-state index in [-0.39, 0.29) is 17.1 Å². The number of fused-ring (bicyclic) bond motifs is 1. The molecule has 0 fully saturated rings. The molecule has 3 rings (SSSR count). The van der Waals surface area contributed by atoms with Crippen molar-refractivity contribution in [2.75, 3.05) is 12.0 Å². The van der Waals surface area contributed by atoms with Crippen molar-refractivity contribution in [2.45, 2.75) is 13.8 Å². The molecule has 6 nitrogen and oxygen atoms in total. The van der Waals surface area contributed by atoms with Crippen LogP contribution in [0.2, 0.25) is 0 Å². The zero-order valence-electron chi connectivity index (χ0n) is 14.6. The van der Waals surface area contributed by atoms with Gasteiger partial charge in [-0.15, -0.1) is 0 Å². The van der Waals surface area contributed by atoms with Gasteiger partial charge in [0.15, 0.2) is 5.78 Å². The second-order valence-electron chi connectivity index (χ2n) is 5.87. The highest BCUT2D eigenvalue weighted by Crippen LogP contribution is 2.42. The monoisotopic (exact) mass is 351 g/mol. The van der Waals surface area contributed by atoms with Gasteiger partial charge in [-0.3, -0.25) is 14.4 Å². The lowest BCUT2D eigenvalue weighted by Crippen LogP contribution is -2.31. The Bertz CT molecular complexity index is 974. The number of anilines is 1. The van der Waals surface area contributed by atoms with Crippen molar-refractivity contribution < 1.29 is 24.2 Å². The minimum Gasteiger partial charge on any atom is -0.506 e. The summed E-state index contributed by atoms with van der Waals surface area (Å²) in [5, 5.41) is 10.8. The Kier molecular flexibility index (Phi) is 4.34. The smallest absolute Gasteiger partial charge is 0.269 e. The number of aliphatic hydroxyl groups is 1. The molecule has 2 aromatic rings. The molecule has 0 saturated heterocycles. The van der Waals surface area contributed by atoms with Crippen molar-refractivity contribution in [1.82, 2.24) is 0 Å². The Morgan fingerprint density at radius 1 is 1.08 bits per heavy atom. The first-order valence-electron chi connectivity index (χ1n) is 7.93. The molecular weight excluding hydrogens is 334 g/mol. The summed E-state index contributed by atoms with van der Waals surface area (Å²) in [5.74, 6) is -1.22. The van der Waals surface area contributed by atoms with Gasteiger partial charge in [-0.25, -0.2) is 4.90 Å². The Labute approximate surface area is 150 Å². The fraction of sp³-hybridized carbons (Fsp3) is 0.150. The fourth-order valence-electron chi connectivity index (χ4n) is 3.00. The number of benzene rings is 2. The average Bonchev–Trinajstić information content (AvgIpc) is 2.92. The van der Waals surface area contributed by atoms with E-state index in [2.05, 4.69) is 0 Å². The van der Waals surface area contributed by atoms with Gasteiger partial charge in [0.2, 0.25) is 5.91 Å². The molecule has 1 N–H and O–H groups in total. The van der Waals surface area contributed by atoms with E-state index in [1.54, 1.807) is 30.3 Å². The van der Waals surface area contributed by atoms with Crippen LogP contribution in [0, 0.1) is 0 Å². The first kappa shape index (κ1) is 17.4. The average molecular weight is 351 g/mol. The summed E-state index contributed by atoms with van der Waals surface area (Å²) in [4.78, 5) is 37.5. The quantitative estimate of drug-likeness (QED) is 0.521. The largest absolute Gasteiger partial charge is 0.506 e. The second-order valence-corrected chi connectivity index (χ2v) is 5.87. The number of rotatable bonds is 3. The number of carbonyl (C=O) groups is 3. The maximum Gasteiger partial charge on any atom is 0.269 e. The molecule has 2 amide bonds. The summed E-state index contributed by atoms with van der Waals surface area (Å²) >= 11 is 0. The van der Waals surface area contributed by atoms with Crippen LogP contribution in [-0.2, 0) is 9.59 Å². The topological polar surface area (TPSA) is 83.9 Å². The Hall–Kier alpha value is -3.41. The van der Waals surface area contributed by atoms with Crippen molar-refractivity contribution in [3.8, 4) is 5.75 Å². The van der Waals surface area contributed by atoms with E-state index in [9.17, 15) is 19.5 Å². The Balaban J connectivity index is 2.31. The van der Waals surface area contributed by atoms with Crippen LogP contribution in [0.4, 0.5) is 5.69 Å². The predicted octanol–water partition coefficient (Wildman–Crippen LogP) is 3.22. The molecule has 0 radical (unpaired) electrons. The highest BCUT2D eigenvalue weighted by Gasteiger charge is 2.38. The van der Waals surface area contributed by atoms with Crippen LogP contribution in [0.15, 0.2) is 42.5 Å². The van der Waals surface area contributed by atoms with E-state index in [1.165, 1.54) is 33.1 Å². The van der Waals surface area contributed by atoms with Crippen LogP contribution in [0.3, 0.4) is 0 Å². The highest BCUT2D eigenvalue weighted by atomic mass is 16.5. The summed E-state index contributed by atoms with van der Waals surface area (Å²) in [7, 11) is 1.46. The molecule has 1 aliphatic rings. The number of methoxy groups -OCH3 is 1. The zero-order chi connectivity index (χ0) is 19.0. The van der Waals surface area contributed by atoms with Crippen LogP contribution in [0.1, 0.15) is 35.3 Å². The molecule has 0 aliphatic carbocycles. The van der Waals surface area contributed by atoms with Gasteiger partial charge in [-0.2, -0.15) is 0 Å². The van der Waals surface area contributed by atoms with Crippen LogP contribution >= 0.6 is 0 Å². The van der Waals surface area contributed by atoms with E-state index in [0.717, 1.165) is 4.90 Å². The third-order valence-electron chi connectivity index (χ3n) is 4.24. The molecule has 0 aromatic heterocycles. The summed E-state index contributed by atoms with van der Waals surface area (Å²) in [6.45, 7) is 2.67. The van der Waals surface area contributed by atoms with Crippen molar-refractivity contribution in [1.29, 1.82) is 0 Å². The maximum atomic E-state index is 12.9. The van der Waals surface area contributed by atoms with Gasteiger partial charge in [0.1, 0.15) is 11.5 Å². The second kappa shape index (κ2) is 6.48. The molecule has 0 bridgehead atoms. The van der Waals surface area contributed by atoms with Crippen molar-refractivity contribution in [3.63, 3.8) is 0 Å². The summed E-state index contributed by atoms with van der Waals surface area (Å²) in [6, 6.07) is 11.3. The van der Waals surface area contributed by atoms with Crippen LogP contribution in [0.5, 0.6) is 5.75 Å². The molecular formula is C20H17NO5. The van der Waals surface area contributed by atoms with Gasteiger partial charge in [-0.1, -0.05) is 12.1 Å². The van der Waals surface area contributed by atoms with Crippen molar-refractivity contribution >= 4 is 34.6 Å². The lowest BCUT2D eigenvalue weighted by atomic mass is 9.99. The molecule has 2 aromatic carbocycles. The van der Waals surface area contributed by atoms with Gasteiger partial charge >= 0.3 is 0 Å². The highest BCUT2D eigenvalue weighted by molar-refractivity contribution is 6.43. The first-order valence-corrected chi connectivity index (χ1v) is 7.93. The molecule has 0 atom stereocenters. The lowest BCUT2D eigenvalue weighted by Gasteiger charge is -2.12. The normalized spacial score (nSPS) is 14.9. The lowest BCUT2D eigenvalue weighted by molar-refractivity contribution is -0.122. The number of amides is 2. The number of ketones is 1. The summed E-state index contributed by atoms with van der Waals surface area (Å²) in [6.07, 6.45) is 0. The van der Waals surface area contributed by atoms with E-state index in [1.807, 2.05) is 0 Å². The van der Waals surface area contributed by atoms with E-state index >= 15 is 0 Å². The molecule has 1 aliphatic heterocycles. The number of hydrogen-bond donors (Lipinski definition) is 1. The van der Waals surface area contributed by atoms with Crippen LogP contribution in [0.25, 0.3) is 11.3 Å². The molecule has 6 heteroatoms. The number of imide groups is 1. The maximum absolute atomic E-state index is 12.9. The Morgan fingerprint density at radius 2 is 1.77 bits per heavy atom. The van der Waals surface area contributed by atoms with Crippen LogP contribution < -0.4 is 9.64 Å². The van der Waals surface area contributed by atoms with E-state index < -0.39 is 11.8 Å². The first-order chi connectivity index (χ1) is 12.4. The number of nitrogens with zero attached hydrogens (tertiary/aromatic N) is 1. The van der Waals surface area contributed by atoms with Gasteiger partial charge < -0.3 is 9.84 Å². The number of ether oxygens (including phenoxy) is 1. The SMILES string of the molecule is COc1ccccc1/C(O)=C1/C(=O)N(C(C)=O)c2ccc(C(C)=O)cc21. The Morgan fingerprint density at radius 3 is 2.38 bits per heavy atom. The standard InChI is InChI=1S/C20H17NO5/c1-11(22)13-8-9-16-15(10-13)18(20(25)21(16)12(2)23)19(24)14-6-4-5-7-17(14)26-3/h4-10,24H,1-3H3/b19-18-. The molecule has 0 spiro atoms. The zero-order valence-corrected chi connectivity index (χ0v) is 14.6. The minimum atomic E-state index is -0.642. The summed E-state index contributed by atoms with van der Waals surface area (Å²) in [5.41, 5.74) is 1.34. The predicted molar refractivity (Wildman–Crippen MR) is 97.1 cm³/mol. The third kappa shape index (κ3) is 2.65. The van der Waals surface area contributed by atoms with E-state index in [0.29, 0.717) is 28.1 Å². The molecule has 132 valence electrons. The molecule has 26 heavy (non-hydrogen) atoms. The number of para-hydroxylation sites is 1. The van der Waals surface area contributed by atoms with Crippen LogP contribution in [-0.4, -0.2) is 29.8 Å².